The zero-order valence-electron chi connectivity index (χ0n) is 22.1. The number of benzene rings is 1. The minimum absolute atomic E-state index is 0.149. The number of carbonyl (C=O) groups is 1. The van der Waals surface area contributed by atoms with Gasteiger partial charge in [0.25, 0.3) is 5.91 Å². The van der Waals surface area contributed by atoms with Crippen LogP contribution < -0.4 is 10.6 Å². The van der Waals surface area contributed by atoms with Crippen LogP contribution in [0.5, 0.6) is 0 Å². The molecule has 1 fully saturated rings. The summed E-state index contributed by atoms with van der Waals surface area (Å²) in [4.78, 5) is 20.9. The molecule has 11 heteroatoms. The second-order valence-electron chi connectivity index (χ2n) is 11.1. The highest BCUT2D eigenvalue weighted by Crippen LogP contribution is 2.40. The van der Waals surface area contributed by atoms with Crippen LogP contribution in [0, 0.1) is 0 Å². The molecule has 1 aliphatic carbocycles. The molecular formula is C27H33F3N4O3Si. The molecule has 2 atom stereocenters. The molecule has 0 saturated heterocycles. The van der Waals surface area contributed by atoms with E-state index >= 15 is 0 Å². The van der Waals surface area contributed by atoms with Crippen LogP contribution in [-0.4, -0.2) is 36.3 Å². The Morgan fingerprint density at radius 1 is 1.08 bits per heavy atom. The Balaban J connectivity index is 1.39. The lowest BCUT2D eigenvalue weighted by Crippen LogP contribution is -2.43. The van der Waals surface area contributed by atoms with Crippen LogP contribution in [0.25, 0.3) is 11.5 Å². The molecule has 7 nitrogen and oxygen atoms in total. The Labute approximate surface area is 221 Å². The molecule has 0 radical (unpaired) electrons. The zero-order chi connectivity index (χ0) is 27.7. The van der Waals surface area contributed by atoms with Crippen molar-refractivity contribution in [1.29, 1.82) is 0 Å². The fourth-order valence-corrected chi connectivity index (χ4v) is 5.50. The molecule has 204 valence electrons. The molecule has 0 aliphatic heterocycles. The van der Waals surface area contributed by atoms with Gasteiger partial charge in [0.15, 0.2) is 14.0 Å². The maximum absolute atomic E-state index is 13.6. The van der Waals surface area contributed by atoms with Gasteiger partial charge in [-0.05, 0) is 61.7 Å². The smallest absolute Gasteiger partial charge is 0.431 e. The van der Waals surface area contributed by atoms with Crippen LogP contribution in [0.15, 0.2) is 53.1 Å². The normalized spacial score (nSPS) is 18.4. The molecule has 1 unspecified atom stereocenters. The summed E-state index contributed by atoms with van der Waals surface area (Å²) in [5.41, 5.74) is -0.265. The number of alkyl halides is 3. The summed E-state index contributed by atoms with van der Waals surface area (Å²) in [7, 11) is -1.84. The predicted molar refractivity (Wildman–Crippen MR) is 142 cm³/mol. The van der Waals surface area contributed by atoms with E-state index in [4.69, 9.17) is 8.84 Å². The van der Waals surface area contributed by atoms with Crippen LogP contribution in [0.1, 0.15) is 56.3 Å². The van der Waals surface area contributed by atoms with Crippen molar-refractivity contribution in [3.05, 3.63) is 60.1 Å². The second kappa shape index (κ2) is 10.5. The number of halogens is 3. The van der Waals surface area contributed by atoms with E-state index in [1.807, 2.05) is 0 Å². The quantitative estimate of drug-likeness (QED) is 0.301. The van der Waals surface area contributed by atoms with Gasteiger partial charge in [-0.2, -0.15) is 13.2 Å². The average Bonchev–Trinajstić information content (AvgIpc) is 3.47. The summed E-state index contributed by atoms with van der Waals surface area (Å²) in [6.07, 6.45) is -0.477. The minimum Gasteiger partial charge on any atom is -0.431 e. The Kier molecular flexibility index (Phi) is 7.71. The number of amides is 1. The Morgan fingerprint density at radius 2 is 1.79 bits per heavy atom. The summed E-state index contributed by atoms with van der Waals surface area (Å²) in [6.45, 7) is 11.2. The summed E-state index contributed by atoms with van der Waals surface area (Å²) in [5.74, 6) is -2.15. The first-order chi connectivity index (χ1) is 17.7. The van der Waals surface area contributed by atoms with Gasteiger partial charge < -0.3 is 19.5 Å². The number of nitrogens with one attached hydrogen (secondary N) is 2. The number of hydrogen-bond acceptors (Lipinski definition) is 6. The second-order valence-corrected chi connectivity index (χ2v) is 15.9. The number of anilines is 2. The first-order valence-corrected chi connectivity index (χ1v) is 15.5. The van der Waals surface area contributed by atoms with E-state index in [2.05, 4.69) is 54.5 Å². The lowest BCUT2D eigenvalue weighted by Gasteiger charge is -2.38. The van der Waals surface area contributed by atoms with E-state index in [0.717, 1.165) is 19.3 Å². The van der Waals surface area contributed by atoms with E-state index in [1.54, 1.807) is 42.5 Å². The highest BCUT2D eigenvalue weighted by Gasteiger charge is 2.42. The fourth-order valence-electron chi connectivity index (χ4n) is 4.09. The van der Waals surface area contributed by atoms with Crippen LogP contribution in [0.2, 0.25) is 18.1 Å². The van der Waals surface area contributed by atoms with Crippen molar-refractivity contribution >= 4 is 25.7 Å². The molecule has 2 N–H and O–H groups in total. The Hall–Kier alpha value is -3.18. The molecule has 1 saturated carbocycles. The maximum atomic E-state index is 13.6. The van der Waals surface area contributed by atoms with Crippen molar-refractivity contribution in [2.24, 2.45) is 0 Å². The number of aromatic nitrogens is 2. The van der Waals surface area contributed by atoms with Gasteiger partial charge in [0.05, 0.1) is 11.9 Å². The molecule has 0 spiro atoms. The molecule has 1 aromatic carbocycles. The van der Waals surface area contributed by atoms with Crippen molar-refractivity contribution < 1.29 is 26.8 Å². The molecule has 1 amide bonds. The maximum Gasteiger partial charge on any atom is 0.452 e. The molecule has 38 heavy (non-hydrogen) atoms. The summed E-state index contributed by atoms with van der Waals surface area (Å²) < 4.78 is 52.2. The van der Waals surface area contributed by atoms with E-state index in [-0.39, 0.29) is 28.8 Å². The number of rotatable bonds is 7. The summed E-state index contributed by atoms with van der Waals surface area (Å²) >= 11 is 0. The SMILES string of the molecule is CC(C)(C)[Si](C)(C)O[C@H]1CCC(Nc2ccc(NC(=O)c3nc(-c4ccccc4)oc3C(F)(F)F)cn2)C1. The number of nitrogens with zero attached hydrogens (tertiary/aromatic N) is 2. The van der Waals surface area contributed by atoms with E-state index < -0.39 is 31.9 Å². The number of pyridine rings is 1. The highest BCUT2D eigenvalue weighted by molar-refractivity contribution is 6.74. The third-order valence-corrected chi connectivity index (χ3v) is 11.7. The minimum atomic E-state index is -4.88. The molecule has 1 aliphatic rings. The average molecular weight is 547 g/mol. The van der Waals surface area contributed by atoms with Gasteiger partial charge >= 0.3 is 6.18 Å². The van der Waals surface area contributed by atoms with E-state index in [1.165, 1.54) is 6.20 Å². The van der Waals surface area contributed by atoms with Crippen LogP contribution in [-0.2, 0) is 10.6 Å². The third kappa shape index (κ3) is 6.44. The summed E-state index contributed by atoms with van der Waals surface area (Å²) in [6, 6.07) is 11.6. The van der Waals surface area contributed by atoms with E-state index in [0.29, 0.717) is 11.4 Å². The van der Waals surface area contributed by atoms with Gasteiger partial charge in [-0.1, -0.05) is 39.0 Å². The molecule has 0 bridgehead atoms. The lowest BCUT2D eigenvalue weighted by atomic mass is 10.2. The fraction of sp³-hybridized carbons (Fsp3) is 0.444. The zero-order valence-corrected chi connectivity index (χ0v) is 23.1. The van der Waals surface area contributed by atoms with Crippen molar-refractivity contribution in [1.82, 2.24) is 9.97 Å². The molecular weight excluding hydrogens is 513 g/mol. The molecule has 2 aromatic heterocycles. The Bertz CT molecular complexity index is 1260. The monoisotopic (exact) mass is 546 g/mol. The number of hydrogen-bond donors (Lipinski definition) is 2. The van der Waals surface area contributed by atoms with Crippen molar-refractivity contribution in [3.8, 4) is 11.5 Å². The van der Waals surface area contributed by atoms with Gasteiger partial charge in [0.2, 0.25) is 11.7 Å². The molecule has 3 aromatic rings. The van der Waals surface area contributed by atoms with Crippen molar-refractivity contribution in [2.75, 3.05) is 10.6 Å². The standard InChI is InChI=1S/C27H33F3N4O3Si/c1-26(2,3)38(4,5)37-20-13-11-18(15-20)32-21-14-12-19(16-31-21)33-24(35)22-23(27(28,29)30)36-25(34-22)17-9-7-6-8-10-17/h6-10,12,14,16,18,20H,11,13,15H2,1-5H3,(H,31,32)(H,33,35)/t18?,20-/m0/s1. The van der Waals surface area contributed by atoms with Crippen LogP contribution in [0.4, 0.5) is 24.7 Å². The number of oxazole rings is 1. The largest absolute Gasteiger partial charge is 0.452 e. The van der Waals surface area contributed by atoms with Gasteiger partial charge in [-0.25, -0.2) is 9.97 Å². The van der Waals surface area contributed by atoms with Gasteiger partial charge in [0, 0.05) is 17.7 Å². The number of carbonyl (C=O) groups excluding carboxylic acids is 1. The topological polar surface area (TPSA) is 89.3 Å². The predicted octanol–water partition coefficient (Wildman–Crippen LogP) is 7.36. The Morgan fingerprint density at radius 3 is 2.39 bits per heavy atom. The first-order valence-electron chi connectivity index (χ1n) is 12.6. The molecule has 2 heterocycles. The molecule has 4 rings (SSSR count). The highest BCUT2D eigenvalue weighted by atomic mass is 28.4. The van der Waals surface area contributed by atoms with Crippen LogP contribution in [0.3, 0.4) is 0 Å². The van der Waals surface area contributed by atoms with Gasteiger partial charge in [-0.3, -0.25) is 4.79 Å². The van der Waals surface area contributed by atoms with Crippen molar-refractivity contribution in [2.45, 2.75) is 76.5 Å². The summed E-state index contributed by atoms with van der Waals surface area (Å²) in [5, 5.41) is 5.98. The first kappa shape index (κ1) is 27.8. The van der Waals surface area contributed by atoms with Gasteiger partial charge in [-0.15, -0.1) is 0 Å². The lowest BCUT2D eigenvalue weighted by molar-refractivity contribution is -0.153. The van der Waals surface area contributed by atoms with Crippen LogP contribution >= 0.6 is 0 Å². The third-order valence-electron chi connectivity index (χ3n) is 7.15. The van der Waals surface area contributed by atoms with Gasteiger partial charge in [0.1, 0.15) is 5.82 Å². The van der Waals surface area contributed by atoms with E-state index in [9.17, 15) is 18.0 Å². The van der Waals surface area contributed by atoms with Crippen molar-refractivity contribution in [3.63, 3.8) is 0 Å².